The van der Waals surface area contributed by atoms with Crippen LogP contribution in [0.3, 0.4) is 0 Å². The average Bonchev–Trinajstić information content (AvgIpc) is 3.17. The molecule has 2 amide bonds. The minimum absolute atomic E-state index is 0.0907. The summed E-state index contributed by atoms with van der Waals surface area (Å²) in [5.41, 5.74) is 3.67. The molecule has 180 valence electrons. The van der Waals surface area contributed by atoms with Gasteiger partial charge >= 0.3 is 12.1 Å². The fraction of sp³-hybridized carbons (Fsp3) is 0.222. The zero-order chi connectivity index (χ0) is 24.9. The van der Waals surface area contributed by atoms with Gasteiger partial charge in [0.2, 0.25) is 5.91 Å². The number of amides is 2. The third-order valence-corrected chi connectivity index (χ3v) is 6.10. The Morgan fingerprint density at radius 1 is 0.971 bits per heavy atom. The topological polar surface area (TPSA) is 105 Å². The van der Waals surface area contributed by atoms with E-state index in [2.05, 4.69) is 10.6 Å². The van der Waals surface area contributed by atoms with Crippen molar-refractivity contribution < 1.29 is 28.6 Å². The lowest BCUT2D eigenvalue weighted by molar-refractivity contribution is -0.116. The number of rotatable bonds is 8. The van der Waals surface area contributed by atoms with Crippen LogP contribution in [0.15, 0.2) is 66.7 Å². The molecule has 7 nitrogen and oxygen atoms in total. The van der Waals surface area contributed by atoms with Gasteiger partial charge in [-0.2, -0.15) is 0 Å². The van der Waals surface area contributed by atoms with Crippen LogP contribution in [0, 0.1) is 5.82 Å². The first-order valence-corrected chi connectivity index (χ1v) is 11.3. The number of fused-ring (bicyclic) bond motifs is 3. The largest absolute Gasteiger partial charge is 0.478 e. The lowest BCUT2D eigenvalue weighted by Gasteiger charge is -2.19. The zero-order valence-electron chi connectivity index (χ0n) is 19.1. The first-order chi connectivity index (χ1) is 16.9. The van der Waals surface area contributed by atoms with Gasteiger partial charge in [-0.1, -0.05) is 61.5 Å². The molecule has 0 spiro atoms. The number of hydrogen-bond acceptors (Lipinski definition) is 4. The molecule has 0 fully saturated rings. The maximum Gasteiger partial charge on any atom is 0.407 e. The number of aromatic carboxylic acids is 1. The number of benzene rings is 3. The van der Waals surface area contributed by atoms with E-state index in [0.717, 1.165) is 28.3 Å². The SMILES string of the molecule is CC[C@@H](CC(=O)Nc1c(F)cccc1C(=O)O)NC(=O)OCC1c2ccccc2-c2ccccc21. The first-order valence-electron chi connectivity index (χ1n) is 11.3. The Bertz CT molecular complexity index is 1230. The van der Waals surface area contributed by atoms with Crippen LogP contribution < -0.4 is 10.6 Å². The summed E-state index contributed by atoms with van der Waals surface area (Å²) in [5, 5.41) is 14.2. The normalized spacial score (nSPS) is 12.9. The fourth-order valence-electron chi connectivity index (χ4n) is 4.35. The van der Waals surface area contributed by atoms with Gasteiger partial charge in [-0.15, -0.1) is 0 Å². The lowest BCUT2D eigenvalue weighted by Crippen LogP contribution is -2.38. The number of halogens is 1. The summed E-state index contributed by atoms with van der Waals surface area (Å²) >= 11 is 0. The highest BCUT2D eigenvalue weighted by Gasteiger charge is 2.29. The molecule has 1 aliphatic rings. The maximum absolute atomic E-state index is 14.1. The second-order valence-electron chi connectivity index (χ2n) is 8.29. The molecule has 8 heteroatoms. The number of carboxylic acids is 1. The highest BCUT2D eigenvalue weighted by molar-refractivity contribution is 6.00. The molecule has 0 aromatic heterocycles. The van der Waals surface area contributed by atoms with Gasteiger partial charge in [0, 0.05) is 18.4 Å². The zero-order valence-corrected chi connectivity index (χ0v) is 19.1. The predicted octanol–water partition coefficient (Wildman–Crippen LogP) is 5.17. The van der Waals surface area contributed by atoms with Crippen molar-refractivity contribution >= 4 is 23.7 Å². The van der Waals surface area contributed by atoms with Crippen molar-refractivity contribution in [3.05, 3.63) is 89.2 Å². The number of hydrogen-bond donors (Lipinski definition) is 3. The van der Waals surface area contributed by atoms with Gasteiger partial charge < -0.3 is 20.5 Å². The van der Waals surface area contributed by atoms with Gasteiger partial charge in [-0.3, -0.25) is 4.79 Å². The van der Waals surface area contributed by atoms with Crippen molar-refractivity contribution in [2.45, 2.75) is 31.7 Å². The minimum Gasteiger partial charge on any atom is -0.478 e. The Balaban J connectivity index is 1.36. The van der Waals surface area contributed by atoms with Crippen LogP contribution in [-0.2, 0) is 9.53 Å². The molecule has 0 unspecified atom stereocenters. The van der Waals surface area contributed by atoms with Crippen molar-refractivity contribution in [3.63, 3.8) is 0 Å². The third kappa shape index (κ3) is 5.16. The van der Waals surface area contributed by atoms with E-state index in [4.69, 9.17) is 4.74 Å². The van der Waals surface area contributed by atoms with E-state index in [0.29, 0.717) is 6.42 Å². The first kappa shape index (κ1) is 23.9. The van der Waals surface area contributed by atoms with Crippen molar-refractivity contribution in [2.24, 2.45) is 0 Å². The Morgan fingerprint density at radius 2 is 1.60 bits per heavy atom. The molecule has 1 aliphatic carbocycles. The molecule has 35 heavy (non-hydrogen) atoms. The maximum atomic E-state index is 14.1. The number of carbonyl (C=O) groups excluding carboxylic acids is 2. The summed E-state index contributed by atoms with van der Waals surface area (Å²) in [6.07, 6.45) is -0.419. The predicted molar refractivity (Wildman–Crippen MR) is 129 cm³/mol. The van der Waals surface area contributed by atoms with E-state index in [1.54, 1.807) is 6.92 Å². The molecular formula is C27H25FN2O5. The van der Waals surface area contributed by atoms with Crippen LogP contribution >= 0.6 is 0 Å². The van der Waals surface area contributed by atoms with E-state index in [1.807, 2.05) is 48.5 Å². The molecule has 0 saturated carbocycles. The molecule has 0 saturated heterocycles. The number of carboxylic acid groups (broad SMARTS) is 1. The molecular weight excluding hydrogens is 451 g/mol. The average molecular weight is 477 g/mol. The quantitative estimate of drug-likeness (QED) is 0.416. The summed E-state index contributed by atoms with van der Waals surface area (Å²) in [6, 6.07) is 18.9. The van der Waals surface area contributed by atoms with Crippen LogP contribution in [0.1, 0.15) is 47.2 Å². The van der Waals surface area contributed by atoms with Gasteiger partial charge in [0.05, 0.1) is 11.3 Å². The standard InChI is InChI=1S/C27H25FN2O5/c1-2-16(14-24(31)30-25-21(26(32)33)12-7-13-23(25)28)29-27(34)35-15-22-19-10-5-3-8-17(19)18-9-4-6-11-20(18)22/h3-13,16,22H,2,14-15H2,1H3,(H,29,34)(H,30,31)(H,32,33)/t16-/m0/s1. The summed E-state index contributed by atoms with van der Waals surface area (Å²) in [6.45, 7) is 1.92. The fourth-order valence-corrected chi connectivity index (χ4v) is 4.35. The van der Waals surface area contributed by atoms with Crippen LogP contribution in [0.2, 0.25) is 0 Å². The number of ether oxygens (including phenoxy) is 1. The number of alkyl carbamates (subject to hydrolysis) is 1. The van der Waals surface area contributed by atoms with Gasteiger partial charge in [-0.05, 0) is 40.8 Å². The summed E-state index contributed by atoms with van der Waals surface area (Å²) < 4.78 is 19.6. The summed E-state index contributed by atoms with van der Waals surface area (Å²) in [5.74, 6) is -2.92. The smallest absolute Gasteiger partial charge is 0.407 e. The summed E-state index contributed by atoms with van der Waals surface area (Å²) in [7, 11) is 0. The number of carbonyl (C=O) groups is 3. The van der Waals surface area contributed by atoms with Crippen molar-refractivity contribution in [1.82, 2.24) is 5.32 Å². The summed E-state index contributed by atoms with van der Waals surface area (Å²) in [4.78, 5) is 36.3. The van der Waals surface area contributed by atoms with Crippen LogP contribution in [0.25, 0.3) is 11.1 Å². The molecule has 0 aliphatic heterocycles. The minimum atomic E-state index is -1.36. The molecule has 0 radical (unpaired) electrons. The van der Waals surface area contributed by atoms with E-state index >= 15 is 0 Å². The molecule has 0 bridgehead atoms. The number of anilines is 1. The van der Waals surface area contributed by atoms with Gasteiger partial charge in [0.15, 0.2) is 0 Å². The highest BCUT2D eigenvalue weighted by atomic mass is 19.1. The number of nitrogens with one attached hydrogen (secondary N) is 2. The molecule has 3 aromatic rings. The molecule has 4 rings (SSSR count). The van der Waals surface area contributed by atoms with Gasteiger partial charge in [0.1, 0.15) is 12.4 Å². The molecule has 0 heterocycles. The Hall–Kier alpha value is -4.20. The van der Waals surface area contributed by atoms with Crippen LogP contribution in [0.4, 0.5) is 14.9 Å². The third-order valence-electron chi connectivity index (χ3n) is 6.10. The Morgan fingerprint density at radius 3 is 2.20 bits per heavy atom. The van der Waals surface area contributed by atoms with Crippen molar-refractivity contribution in [3.8, 4) is 11.1 Å². The lowest BCUT2D eigenvalue weighted by atomic mass is 9.98. The second kappa shape index (κ2) is 10.4. The Labute approximate surface area is 201 Å². The monoisotopic (exact) mass is 476 g/mol. The Kier molecular flexibility index (Phi) is 7.10. The van der Waals surface area contributed by atoms with E-state index < -0.39 is 35.5 Å². The van der Waals surface area contributed by atoms with Crippen LogP contribution in [0.5, 0.6) is 0 Å². The second-order valence-corrected chi connectivity index (χ2v) is 8.29. The van der Waals surface area contributed by atoms with Gasteiger partial charge in [-0.25, -0.2) is 14.0 Å². The van der Waals surface area contributed by atoms with Crippen molar-refractivity contribution in [1.29, 1.82) is 0 Å². The van der Waals surface area contributed by atoms with E-state index in [1.165, 1.54) is 12.1 Å². The van der Waals surface area contributed by atoms with Gasteiger partial charge in [0.25, 0.3) is 0 Å². The van der Waals surface area contributed by atoms with E-state index in [-0.39, 0.29) is 24.5 Å². The molecule has 1 atom stereocenters. The van der Waals surface area contributed by atoms with E-state index in [9.17, 15) is 23.9 Å². The number of para-hydroxylation sites is 1. The van der Waals surface area contributed by atoms with Crippen LogP contribution in [-0.4, -0.2) is 35.7 Å². The highest BCUT2D eigenvalue weighted by Crippen LogP contribution is 2.44. The molecule has 3 N–H and O–H groups in total. The molecule has 3 aromatic carbocycles. The van der Waals surface area contributed by atoms with Crippen molar-refractivity contribution in [2.75, 3.05) is 11.9 Å².